The monoisotopic (exact) mass is 460 g/mol. The summed E-state index contributed by atoms with van der Waals surface area (Å²) in [5.74, 6) is -0.161. The number of carbonyl (C=O) groups excluding carboxylic acids is 3. The minimum Gasteiger partial charge on any atom is -0.494 e. The average Bonchev–Trinajstić information content (AvgIpc) is 3.56. The van der Waals surface area contributed by atoms with Crippen molar-refractivity contribution in [1.82, 2.24) is 0 Å². The van der Waals surface area contributed by atoms with Crippen molar-refractivity contribution in [2.75, 3.05) is 30.5 Å². The van der Waals surface area contributed by atoms with E-state index >= 15 is 0 Å². The first-order valence-corrected chi connectivity index (χ1v) is 11.4. The first kappa shape index (κ1) is 23.6. The standard InChI is InChI=1S/C23H28N2O6S/c1-5-29-16-9-10-18(30-6-2)17(11-16)24-19(26)12-31-23(28)20-13(3)14(4)32-22(20)25-21(27)15-7-8-15/h9-11,15H,5-8,12H2,1-4H3,(H,24,26)(H,25,27). The molecule has 32 heavy (non-hydrogen) atoms. The van der Waals surface area contributed by atoms with Gasteiger partial charge in [0.15, 0.2) is 6.61 Å². The second-order valence-electron chi connectivity index (χ2n) is 7.40. The largest absolute Gasteiger partial charge is 0.494 e. The molecule has 172 valence electrons. The van der Waals surface area contributed by atoms with E-state index in [1.54, 1.807) is 25.1 Å². The Bertz CT molecular complexity index is 1010. The zero-order valence-corrected chi connectivity index (χ0v) is 19.5. The van der Waals surface area contributed by atoms with Gasteiger partial charge in [-0.25, -0.2) is 4.79 Å². The fourth-order valence-electron chi connectivity index (χ4n) is 3.05. The van der Waals surface area contributed by atoms with Crippen molar-refractivity contribution in [2.45, 2.75) is 40.5 Å². The van der Waals surface area contributed by atoms with Crippen LogP contribution in [0.4, 0.5) is 10.7 Å². The zero-order valence-electron chi connectivity index (χ0n) is 18.7. The number of anilines is 2. The molecule has 0 bridgehead atoms. The Hall–Kier alpha value is -3.07. The van der Waals surface area contributed by atoms with Gasteiger partial charge in [0.1, 0.15) is 16.5 Å². The van der Waals surface area contributed by atoms with Crippen molar-refractivity contribution >= 4 is 39.8 Å². The SMILES string of the molecule is CCOc1ccc(OCC)c(NC(=O)COC(=O)c2c(NC(=O)C3CC3)sc(C)c2C)c1. The number of rotatable bonds is 10. The lowest BCUT2D eigenvalue weighted by molar-refractivity contribution is -0.119. The predicted molar refractivity (Wildman–Crippen MR) is 123 cm³/mol. The summed E-state index contributed by atoms with van der Waals surface area (Å²) in [4.78, 5) is 38.3. The number of ether oxygens (including phenoxy) is 3. The lowest BCUT2D eigenvalue weighted by Crippen LogP contribution is -2.22. The molecule has 3 rings (SSSR count). The van der Waals surface area contributed by atoms with Crippen LogP contribution in [0.5, 0.6) is 11.5 Å². The Balaban J connectivity index is 1.66. The van der Waals surface area contributed by atoms with Crippen LogP contribution < -0.4 is 20.1 Å². The summed E-state index contributed by atoms with van der Waals surface area (Å²) in [6.45, 7) is 7.81. The van der Waals surface area contributed by atoms with E-state index in [2.05, 4.69) is 10.6 Å². The summed E-state index contributed by atoms with van der Waals surface area (Å²) >= 11 is 1.33. The Morgan fingerprint density at radius 2 is 1.78 bits per heavy atom. The van der Waals surface area contributed by atoms with Crippen LogP contribution in [-0.4, -0.2) is 37.6 Å². The molecule has 1 aromatic carbocycles. The number of aryl methyl sites for hydroxylation is 1. The molecule has 2 aromatic rings. The van der Waals surface area contributed by atoms with Gasteiger partial charge in [-0.3, -0.25) is 9.59 Å². The molecule has 1 aromatic heterocycles. The first-order valence-electron chi connectivity index (χ1n) is 10.6. The molecule has 1 heterocycles. The maximum atomic E-state index is 12.7. The third kappa shape index (κ3) is 5.79. The van der Waals surface area contributed by atoms with Gasteiger partial charge in [-0.15, -0.1) is 11.3 Å². The molecule has 0 aliphatic heterocycles. The molecule has 0 atom stereocenters. The summed E-state index contributed by atoms with van der Waals surface area (Å²) in [6, 6.07) is 5.12. The highest BCUT2D eigenvalue weighted by molar-refractivity contribution is 7.16. The van der Waals surface area contributed by atoms with Crippen molar-refractivity contribution < 1.29 is 28.6 Å². The van der Waals surface area contributed by atoms with Crippen LogP contribution in [0, 0.1) is 19.8 Å². The van der Waals surface area contributed by atoms with Crippen LogP contribution in [-0.2, 0) is 14.3 Å². The number of amides is 2. The quantitative estimate of drug-likeness (QED) is 0.512. The molecule has 1 fully saturated rings. The fraction of sp³-hybridized carbons (Fsp3) is 0.435. The van der Waals surface area contributed by atoms with Gasteiger partial charge in [-0.2, -0.15) is 0 Å². The van der Waals surface area contributed by atoms with Crippen LogP contribution >= 0.6 is 11.3 Å². The van der Waals surface area contributed by atoms with Gasteiger partial charge in [0.25, 0.3) is 5.91 Å². The van der Waals surface area contributed by atoms with E-state index in [9.17, 15) is 14.4 Å². The normalized spacial score (nSPS) is 12.8. The molecule has 0 spiro atoms. The van der Waals surface area contributed by atoms with Crippen molar-refractivity contribution in [3.05, 3.63) is 34.2 Å². The number of benzene rings is 1. The Labute approximate surface area is 191 Å². The number of carbonyl (C=O) groups is 3. The lowest BCUT2D eigenvalue weighted by Gasteiger charge is -2.14. The van der Waals surface area contributed by atoms with E-state index in [1.807, 2.05) is 20.8 Å². The van der Waals surface area contributed by atoms with Gasteiger partial charge in [0, 0.05) is 16.9 Å². The summed E-state index contributed by atoms with van der Waals surface area (Å²) in [7, 11) is 0. The highest BCUT2D eigenvalue weighted by Crippen LogP contribution is 2.36. The smallest absolute Gasteiger partial charge is 0.341 e. The highest BCUT2D eigenvalue weighted by Gasteiger charge is 2.31. The Morgan fingerprint density at radius 1 is 1.06 bits per heavy atom. The third-order valence-corrected chi connectivity index (χ3v) is 6.07. The predicted octanol–water partition coefficient (Wildman–Crippen LogP) is 4.31. The molecular weight excluding hydrogens is 432 g/mol. The second-order valence-corrected chi connectivity index (χ2v) is 8.62. The van der Waals surface area contributed by atoms with E-state index in [4.69, 9.17) is 14.2 Å². The van der Waals surface area contributed by atoms with E-state index in [1.165, 1.54) is 11.3 Å². The Kier molecular flexibility index (Phi) is 7.74. The summed E-state index contributed by atoms with van der Waals surface area (Å²) < 4.78 is 16.3. The summed E-state index contributed by atoms with van der Waals surface area (Å²) in [5.41, 5.74) is 1.45. The zero-order chi connectivity index (χ0) is 23.3. The van der Waals surface area contributed by atoms with Gasteiger partial charge in [-0.05, 0) is 58.2 Å². The fourth-order valence-corrected chi connectivity index (χ4v) is 4.11. The number of hydrogen-bond donors (Lipinski definition) is 2. The maximum absolute atomic E-state index is 12.7. The average molecular weight is 461 g/mol. The molecule has 0 radical (unpaired) electrons. The molecule has 2 N–H and O–H groups in total. The number of thiophene rings is 1. The molecule has 0 saturated heterocycles. The molecule has 1 saturated carbocycles. The van der Waals surface area contributed by atoms with Crippen molar-refractivity contribution in [1.29, 1.82) is 0 Å². The van der Waals surface area contributed by atoms with E-state index in [0.717, 1.165) is 23.3 Å². The topological polar surface area (TPSA) is 103 Å². The van der Waals surface area contributed by atoms with Gasteiger partial charge in [-0.1, -0.05) is 0 Å². The van der Waals surface area contributed by atoms with E-state index in [0.29, 0.717) is 41.0 Å². The van der Waals surface area contributed by atoms with E-state index in [-0.39, 0.29) is 11.8 Å². The maximum Gasteiger partial charge on any atom is 0.341 e. The lowest BCUT2D eigenvalue weighted by atomic mass is 10.1. The minimum absolute atomic E-state index is 0.0133. The van der Waals surface area contributed by atoms with Crippen LogP contribution in [0.2, 0.25) is 0 Å². The van der Waals surface area contributed by atoms with Gasteiger partial charge < -0.3 is 24.8 Å². The molecule has 2 amide bonds. The minimum atomic E-state index is -0.652. The van der Waals surface area contributed by atoms with Crippen molar-refractivity contribution in [3.8, 4) is 11.5 Å². The first-order chi connectivity index (χ1) is 15.3. The third-order valence-electron chi connectivity index (χ3n) is 4.94. The number of esters is 1. The molecule has 9 heteroatoms. The molecule has 0 unspecified atom stereocenters. The summed E-state index contributed by atoms with van der Waals surface area (Å²) in [5, 5.41) is 6.00. The van der Waals surface area contributed by atoms with Crippen molar-refractivity contribution in [3.63, 3.8) is 0 Å². The number of nitrogens with one attached hydrogen (secondary N) is 2. The second kappa shape index (κ2) is 10.5. The molecule has 1 aliphatic rings. The number of hydrogen-bond acceptors (Lipinski definition) is 7. The van der Waals surface area contributed by atoms with Gasteiger partial charge >= 0.3 is 5.97 Å². The van der Waals surface area contributed by atoms with E-state index < -0.39 is 18.5 Å². The van der Waals surface area contributed by atoms with Crippen LogP contribution in [0.25, 0.3) is 0 Å². The van der Waals surface area contributed by atoms with Gasteiger partial charge in [0.2, 0.25) is 5.91 Å². The van der Waals surface area contributed by atoms with Crippen LogP contribution in [0.15, 0.2) is 18.2 Å². The van der Waals surface area contributed by atoms with Crippen LogP contribution in [0.3, 0.4) is 0 Å². The molecule has 1 aliphatic carbocycles. The molecular formula is C23H28N2O6S. The Morgan fingerprint density at radius 3 is 2.44 bits per heavy atom. The molecule has 8 nitrogen and oxygen atoms in total. The van der Waals surface area contributed by atoms with Crippen LogP contribution in [0.1, 0.15) is 47.5 Å². The summed E-state index contributed by atoms with van der Waals surface area (Å²) in [6.07, 6.45) is 1.73. The highest BCUT2D eigenvalue weighted by atomic mass is 32.1. The van der Waals surface area contributed by atoms with Gasteiger partial charge in [0.05, 0.1) is 24.5 Å². The van der Waals surface area contributed by atoms with Crippen molar-refractivity contribution in [2.24, 2.45) is 5.92 Å².